The average molecular weight is 396 g/mol. The van der Waals surface area contributed by atoms with Crippen molar-refractivity contribution in [2.24, 2.45) is 0 Å². The van der Waals surface area contributed by atoms with E-state index >= 15 is 0 Å². The zero-order valence-corrected chi connectivity index (χ0v) is 17.3. The van der Waals surface area contributed by atoms with E-state index in [0.717, 1.165) is 28.5 Å². The van der Waals surface area contributed by atoms with Crippen LogP contribution in [0.15, 0.2) is 84.9 Å². The number of likely N-dealkylation sites (N-methyl/N-ethyl adjacent to an activating group) is 1. The van der Waals surface area contributed by atoms with E-state index in [4.69, 9.17) is 11.6 Å². The van der Waals surface area contributed by atoms with Crippen molar-refractivity contribution in [2.75, 3.05) is 32.1 Å². The van der Waals surface area contributed by atoms with Gasteiger partial charge in [-0.05, 0) is 30.3 Å². The molecule has 0 aromatic heterocycles. The highest BCUT2D eigenvalue weighted by molar-refractivity contribution is 6.31. The molecule has 0 aliphatic heterocycles. The number of rotatable bonds is 8. The van der Waals surface area contributed by atoms with E-state index < -0.39 is 6.10 Å². The van der Waals surface area contributed by atoms with Crippen LogP contribution in [0.3, 0.4) is 0 Å². The van der Waals surface area contributed by atoms with Gasteiger partial charge in [-0.2, -0.15) is 0 Å². The fourth-order valence-corrected chi connectivity index (χ4v) is 3.76. The Morgan fingerprint density at radius 1 is 0.821 bits per heavy atom. The molecule has 0 radical (unpaired) electrons. The quantitative estimate of drug-likeness (QED) is 0.535. The molecule has 3 nitrogen and oxygen atoms in total. The van der Waals surface area contributed by atoms with Crippen molar-refractivity contribution in [1.82, 2.24) is 0 Å². The minimum atomic E-state index is -0.488. The number of hydrogen-bond acceptors (Lipinski definition) is 2. The minimum absolute atomic E-state index is 0.488. The molecule has 0 saturated carbocycles. The van der Waals surface area contributed by atoms with Gasteiger partial charge in [0.05, 0.1) is 20.6 Å². The van der Waals surface area contributed by atoms with Crippen LogP contribution in [0.5, 0.6) is 0 Å². The van der Waals surface area contributed by atoms with Crippen LogP contribution in [-0.2, 0) is 6.54 Å². The highest BCUT2D eigenvalue weighted by Crippen LogP contribution is 2.26. The molecule has 28 heavy (non-hydrogen) atoms. The zero-order chi connectivity index (χ0) is 20.0. The van der Waals surface area contributed by atoms with Gasteiger partial charge < -0.3 is 14.5 Å². The van der Waals surface area contributed by atoms with Crippen molar-refractivity contribution < 1.29 is 9.59 Å². The Balaban J connectivity index is 1.73. The molecule has 1 unspecified atom stereocenters. The van der Waals surface area contributed by atoms with Crippen LogP contribution in [0, 0.1) is 0 Å². The summed E-state index contributed by atoms with van der Waals surface area (Å²) >= 11 is 6.33. The Labute approximate surface area is 173 Å². The third-order valence-corrected chi connectivity index (χ3v) is 5.16. The molecular formula is C24H28ClN2O+. The molecule has 3 aromatic carbocycles. The van der Waals surface area contributed by atoms with Crippen LogP contribution in [0.4, 0.5) is 11.4 Å². The molecule has 0 saturated heterocycles. The van der Waals surface area contributed by atoms with Gasteiger partial charge in [0.15, 0.2) is 0 Å². The van der Waals surface area contributed by atoms with Gasteiger partial charge in [-0.25, -0.2) is 0 Å². The number of quaternary nitrogens is 1. The standard InChI is InChI=1S/C24H28ClN2O/c1-27(2,18-20-11-9-10-16-24(20)25)19-23(28)17-26(21-12-5-3-6-13-21)22-14-7-4-8-15-22/h3-16,23,28H,17-19H2,1-2H3/q+1. The number of aliphatic hydroxyl groups excluding tert-OH is 1. The second-order valence-corrected chi connectivity index (χ2v) is 8.21. The SMILES string of the molecule is C[N+](C)(Cc1ccccc1Cl)CC(O)CN(c1ccccc1)c1ccccc1. The van der Waals surface area contributed by atoms with E-state index in [1.807, 2.05) is 54.6 Å². The summed E-state index contributed by atoms with van der Waals surface area (Å²) in [7, 11) is 4.25. The lowest BCUT2D eigenvalue weighted by molar-refractivity contribution is -0.906. The maximum absolute atomic E-state index is 10.9. The molecular weight excluding hydrogens is 368 g/mol. The van der Waals surface area contributed by atoms with Gasteiger partial charge in [-0.1, -0.05) is 66.2 Å². The lowest BCUT2D eigenvalue weighted by atomic mass is 10.1. The number of aliphatic hydroxyl groups is 1. The van der Waals surface area contributed by atoms with E-state index in [2.05, 4.69) is 49.3 Å². The van der Waals surface area contributed by atoms with Gasteiger partial charge in [-0.15, -0.1) is 0 Å². The second kappa shape index (κ2) is 9.24. The van der Waals surface area contributed by atoms with E-state index in [-0.39, 0.29) is 0 Å². The Morgan fingerprint density at radius 3 is 1.86 bits per heavy atom. The molecule has 0 spiro atoms. The zero-order valence-electron chi connectivity index (χ0n) is 16.5. The summed E-state index contributed by atoms with van der Waals surface area (Å²) < 4.78 is 0.655. The first kappa shape index (κ1) is 20.4. The van der Waals surface area contributed by atoms with Crippen molar-refractivity contribution in [3.8, 4) is 0 Å². The first-order valence-electron chi connectivity index (χ1n) is 9.56. The third-order valence-electron chi connectivity index (χ3n) is 4.79. The Hall–Kier alpha value is -2.33. The first-order valence-corrected chi connectivity index (χ1v) is 9.93. The van der Waals surface area contributed by atoms with E-state index in [1.165, 1.54) is 0 Å². The lowest BCUT2D eigenvalue weighted by Crippen LogP contribution is -2.47. The van der Waals surface area contributed by atoms with Gasteiger partial charge in [0, 0.05) is 22.0 Å². The summed E-state index contributed by atoms with van der Waals surface area (Å²) in [6.07, 6.45) is -0.488. The summed E-state index contributed by atoms with van der Waals surface area (Å²) in [5.41, 5.74) is 3.25. The monoisotopic (exact) mass is 395 g/mol. The van der Waals surface area contributed by atoms with Gasteiger partial charge in [-0.3, -0.25) is 0 Å². The van der Waals surface area contributed by atoms with Gasteiger partial charge in [0.1, 0.15) is 19.2 Å². The number of nitrogens with zero attached hydrogens (tertiary/aromatic N) is 2. The Bertz CT molecular complexity index is 829. The molecule has 146 valence electrons. The topological polar surface area (TPSA) is 23.5 Å². The largest absolute Gasteiger partial charge is 0.385 e. The molecule has 3 rings (SSSR count). The minimum Gasteiger partial charge on any atom is -0.385 e. The van der Waals surface area contributed by atoms with E-state index in [9.17, 15) is 5.11 Å². The van der Waals surface area contributed by atoms with Crippen molar-refractivity contribution in [3.05, 3.63) is 95.5 Å². The molecule has 0 aliphatic carbocycles. The third kappa shape index (κ3) is 5.59. The van der Waals surface area contributed by atoms with Gasteiger partial charge >= 0.3 is 0 Å². The first-order chi connectivity index (χ1) is 13.4. The van der Waals surface area contributed by atoms with Crippen molar-refractivity contribution in [3.63, 3.8) is 0 Å². The van der Waals surface area contributed by atoms with Crippen LogP contribution < -0.4 is 4.90 Å². The van der Waals surface area contributed by atoms with Crippen LogP contribution in [0.1, 0.15) is 5.56 Å². The smallest absolute Gasteiger partial charge is 0.121 e. The molecule has 3 aromatic rings. The summed E-state index contributed by atoms with van der Waals surface area (Å²) in [4.78, 5) is 2.17. The summed E-state index contributed by atoms with van der Waals surface area (Å²) in [5, 5.41) is 11.7. The number of para-hydroxylation sites is 2. The molecule has 0 heterocycles. The molecule has 0 bridgehead atoms. The van der Waals surface area contributed by atoms with Crippen molar-refractivity contribution >= 4 is 23.0 Å². The Morgan fingerprint density at radius 2 is 1.32 bits per heavy atom. The van der Waals surface area contributed by atoms with Crippen molar-refractivity contribution in [2.45, 2.75) is 12.6 Å². The van der Waals surface area contributed by atoms with Crippen LogP contribution >= 0.6 is 11.6 Å². The number of halogens is 1. The van der Waals surface area contributed by atoms with Crippen LogP contribution in [0.25, 0.3) is 0 Å². The number of anilines is 2. The molecule has 0 amide bonds. The fraction of sp³-hybridized carbons (Fsp3) is 0.250. The predicted molar refractivity (Wildman–Crippen MR) is 118 cm³/mol. The molecule has 4 heteroatoms. The molecule has 0 fully saturated rings. The van der Waals surface area contributed by atoms with E-state index in [1.54, 1.807) is 0 Å². The Kier molecular flexibility index (Phi) is 6.74. The summed E-state index contributed by atoms with van der Waals surface area (Å²) in [5.74, 6) is 0. The number of hydrogen-bond donors (Lipinski definition) is 1. The normalized spacial score (nSPS) is 12.6. The predicted octanol–water partition coefficient (Wildman–Crippen LogP) is 5.12. The maximum Gasteiger partial charge on any atom is 0.121 e. The molecule has 0 aliphatic rings. The average Bonchev–Trinajstić information content (AvgIpc) is 2.69. The van der Waals surface area contributed by atoms with Crippen LogP contribution in [0.2, 0.25) is 5.02 Å². The van der Waals surface area contributed by atoms with Gasteiger partial charge in [0.25, 0.3) is 0 Å². The number of benzene rings is 3. The highest BCUT2D eigenvalue weighted by atomic mass is 35.5. The maximum atomic E-state index is 10.9. The van der Waals surface area contributed by atoms with E-state index in [0.29, 0.717) is 17.6 Å². The van der Waals surface area contributed by atoms with Gasteiger partial charge in [0.2, 0.25) is 0 Å². The molecule has 1 atom stereocenters. The summed E-state index contributed by atoms with van der Waals surface area (Å²) in [6.45, 7) is 1.92. The summed E-state index contributed by atoms with van der Waals surface area (Å²) in [6, 6.07) is 28.3. The van der Waals surface area contributed by atoms with Crippen molar-refractivity contribution in [1.29, 1.82) is 0 Å². The van der Waals surface area contributed by atoms with Crippen LogP contribution in [-0.4, -0.2) is 42.9 Å². The molecule has 1 N–H and O–H groups in total. The second-order valence-electron chi connectivity index (χ2n) is 7.80. The fourth-order valence-electron chi connectivity index (χ4n) is 3.57. The highest BCUT2D eigenvalue weighted by Gasteiger charge is 2.24. The lowest BCUT2D eigenvalue weighted by Gasteiger charge is -2.34.